The van der Waals surface area contributed by atoms with E-state index in [0.29, 0.717) is 5.56 Å². The van der Waals surface area contributed by atoms with Crippen LogP contribution in [0.1, 0.15) is 10.4 Å². The molecule has 34 heavy (non-hydrogen) atoms. The molecular formula is C23H25N3O7S. The molecule has 2 aromatic rings. The van der Waals surface area contributed by atoms with Crippen LogP contribution in [0.5, 0.6) is 0 Å². The number of amides is 1. The van der Waals surface area contributed by atoms with Gasteiger partial charge in [-0.1, -0.05) is 24.3 Å². The summed E-state index contributed by atoms with van der Waals surface area (Å²) >= 11 is 0. The summed E-state index contributed by atoms with van der Waals surface area (Å²) < 4.78 is 36.9. The number of carbonyl (C=O) groups excluding carboxylic acids is 3. The molecule has 0 bridgehead atoms. The van der Waals surface area contributed by atoms with Crippen LogP contribution in [-0.4, -0.2) is 75.9 Å². The van der Waals surface area contributed by atoms with Crippen molar-refractivity contribution in [3.63, 3.8) is 0 Å². The molecule has 0 atom stereocenters. The van der Waals surface area contributed by atoms with Crippen molar-refractivity contribution in [2.45, 2.75) is 4.90 Å². The summed E-state index contributed by atoms with van der Waals surface area (Å²) in [4.78, 5) is 37.8. The maximum absolute atomic E-state index is 13.2. The number of esters is 2. The number of hydrogen-bond acceptors (Lipinski definition) is 8. The van der Waals surface area contributed by atoms with Crippen LogP contribution < -0.4 is 5.32 Å². The highest BCUT2D eigenvalue weighted by Gasteiger charge is 2.30. The number of carbonyl (C=O) groups is 3. The quantitative estimate of drug-likeness (QED) is 0.460. The second kappa shape index (κ2) is 10.9. The van der Waals surface area contributed by atoms with E-state index in [1.807, 2.05) is 6.07 Å². The van der Waals surface area contributed by atoms with Crippen molar-refractivity contribution in [3.05, 3.63) is 71.9 Å². The van der Waals surface area contributed by atoms with Gasteiger partial charge in [-0.2, -0.15) is 4.31 Å². The van der Waals surface area contributed by atoms with E-state index in [4.69, 9.17) is 0 Å². The minimum absolute atomic E-state index is 0.00243. The number of benzene rings is 2. The first-order valence-electron chi connectivity index (χ1n) is 10.4. The minimum Gasteiger partial charge on any atom is -0.466 e. The molecule has 1 amide bonds. The lowest BCUT2D eigenvalue weighted by Gasteiger charge is -2.34. The van der Waals surface area contributed by atoms with Crippen LogP contribution in [0, 0.1) is 0 Å². The monoisotopic (exact) mass is 487 g/mol. The van der Waals surface area contributed by atoms with Crippen molar-refractivity contribution in [1.82, 2.24) is 9.21 Å². The zero-order valence-corrected chi connectivity index (χ0v) is 19.6. The number of nitrogens with one attached hydrogen (secondary N) is 1. The molecule has 1 aliphatic rings. The molecule has 0 saturated carbocycles. The second-order valence-corrected chi connectivity index (χ2v) is 9.23. The molecule has 0 unspecified atom stereocenters. The van der Waals surface area contributed by atoms with Crippen molar-refractivity contribution in [1.29, 1.82) is 0 Å². The first kappa shape index (κ1) is 24.9. The van der Waals surface area contributed by atoms with Gasteiger partial charge < -0.3 is 19.7 Å². The van der Waals surface area contributed by atoms with Crippen LogP contribution in [-0.2, 0) is 29.1 Å². The van der Waals surface area contributed by atoms with E-state index >= 15 is 0 Å². The number of methoxy groups -OCH3 is 2. The molecule has 1 heterocycles. The molecule has 0 radical (unpaired) electrons. The molecular weight excluding hydrogens is 462 g/mol. The number of piperazine rings is 1. The zero-order chi connectivity index (χ0) is 24.7. The van der Waals surface area contributed by atoms with Gasteiger partial charge in [0.05, 0.1) is 25.2 Å². The van der Waals surface area contributed by atoms with Crippen molar-refractivity contribution >= 4 is 33.6 Å². The Bertz CT molecular complexity index is 1190. The lowest BCUT2D eigenvalue weighted by atomic mass is 10.2. The Labute approximate surface area is 197 Å². The SMILES string of the molecule is COC(=O)/C=C(/Nc1cccc(S(=O)(=O)N2CCN(C(=O)c3ccccc3)CC2)c1)C(=O)OC. The third-order valence-electron chi connectivity index (χ3n) is 5.17. The molecule has 10 nitrogen and oxygen atoms in total. The average Bonchev–Trinajstić information content (AvgIpc) is 2.88. The lowest BCUT2D eigenvalue weighted by molar-refractivity contribution is -0.138. The summed E-state index contributed by atoms with van der Waals surface area (Å²) in [6.07, 6.45) is 0.913. The van der Waals surface area contributed by atoms with Gasteiger partial charge in [-0.05, 0) is 30.3 Å². The van der Waals surface area contributed by atoms with Gasteiger partial charge in [0, 0.05) is 37.4 Å². The maximum atomic E-state index is 13.2. The zero-order valence-electron chi connectivity index (χ0n) is 18.8. The molecule has 1 fully saturated rings. The Balaban J connectivity index is 1.73. The molecule has 2 aromatic carbocycles. The molecule has 3 rings (SSSR count). The van der Waals surface area contributed by atoms with E-state index in [2.05, 4.69) is 14.8 Å². The Morgan fingerprint density at radius 2 is 1.59 bits per heavy atom. The first-order valence-corrected chi connectivity index (χ1v) is 11.8. The van der Waals surface area contributed by atoms with E-state index in [0.717, 1.165) is 20.3 Å². The number of nitrogens with zero attached hydrogens (tertiary/aromatic N) is 2. The first-order chi connectivity index (χ1) is 16.3. The average molecular weight is 488 g/mol. The van der Waals surface area contributed by atoms with E-state index < -0.39 is 22.0 Å². The van der Waals surface area contributed by atoms with Crippen LogP contribution in [0.25, 0.3) is 0 Å². The number of ether oxygens (including phenoxy) is 2. The molecule has 1 saturated heterocycles. The number of sulfonamides is 1. The van der Waals surface area contributed by atoms with Gasteiger partial charge in [-0.25, -0.2) is 18.0 Å². The van der Waals surface area contributed by atoms with Crippen molar-refractivity contribution < 1.29 is 32.3 Å². The van der Waals surface area contributed by atoms with Gasteiger partial charge in [0.25, 0.3) is 5.91 Å². The molecule has 1 N–H and O–H groups in total. The molecule has 11 heteroatoms. The van der Waals surface area contributed by atoms with Gasteiger partial charge in [0.1, 0.15) is 5.70 Å². The molecule has 0 aliphatic carbocycles. The van der Waals surface area contributed by atoms with Crippen LogP contribution in [0.2, 0.25) is 0 Å². The summed E-state index contributed by atoms with van der Waals surface area (Å²) in [5, 5.41) is 2.70. The van der Waals surface area contributed by atoms with Crippen molar-refractivity contribution in [2.24, 2.45) is 0 Å². The van der Waals surface area contributed by atoms with Crippen molar-refractivity contribution in [2.75, 3.05) is 45.7 Å². The van der Waals surface area contributed by atoms with Gasteiger partial charge in [0.15, 0.2) is 0 Å². The number of rotatable bonds is 7. The Morgan fingerprint density at radius 3 is 2.21 bits per heavy atom. The third-order valence-corrected chi connectivity index (χ3v) is 7.06. The Hall–Kier alpha value is -3.70. The largest absolute Gasteiger partial charge is 0.466 e. The standard InChI is InChI=1S/C23H25N3O7S/c1-32-21(27)16-20(23(29)33-2)24-18-9-6-10-19(15-18)34(30,31)26-13-11-25(12-14-26)22(28)17-7-4-3-5-8-17/h3-10,15-16,24H,11-14H2,1-2H3/b20-16+. The van der Waals surface area contributed by atoms with Gasteiger partial charge in [-0.3, -0.25) is 4.79 Å². The highest BCUT2D eigenvalue weighted by Crippen LogP contribution is 2.22. The number of anilines is 1. The summed E-state index contributed by atoms with van der Waals surface area (Å²) in [5.41, 5.74) is 0.607. The fraction of sp³-hybridized carbons (Fsp3) is 0.261. The van der Waals surface area contributed by atoms with Crippen LogP contribution >= 0.6 is 0 Å². The summed E-state index contributed by atoms with van der Waals surface area (Å²) in [5.74, 6) is -1.74. The predicted molar refractivity (Wildman–Crippen MR) is 123 cm³/mol. The predicted octanol–water partition coefficient (Wildman–Crippen LogP) is 1.48. The third kappa shape index (κ3) is 5.80. The number of hydrogen-bond donors (Lipinski definition) is 1. The fourth-order valence-electron chi connectivity index (χ4n) is 3.37. The Kier molecular flexibility index (Phi) is 8.03. The van der Waals surface area contributed by atoms with E-state index in [-0.39, 0.29) is 48.4 Å². The van der Waals surface area contributed by atoms with Gasteiger partial charge in [-0.15, -0.1) is 0 Å². The summed E-state index contributed by atoms with van der Waals surface area (Å²) in [6.45, 7) is 0.820. The van der Waals surface area contributed by atoms with E-state index in [9.17, 15) is 22.8 Å². The summed E-state index contributed by atoms with van der Waals surface area (Å²) in [7, 11) is -1.55. The molecule has 0 aromatic heterocycles. The summed E-state index contributed by atoms with van der Waals surface area (Å²) in [6, 6.07) is 14.7. The lowest BCUT2D eigenvalue weighted by Crippen LogP contribution is -2.50. The highest BCUT2D eigenvalue weighted by atomic mass is 32.2. The van der Waals surface area contributed by atoms with Crippen LogP contribution in [0.4, 0.5) is 5.69 Å². The normalized spacial score (nSPS) is 14.9. The molecule has 0 spiro atoms. The molecule has 1 aliphatic heterocycles. The fourth-order valence-corrected chi connectivity index (χ4v) is 4.84. The molecule has 180 valence electrons. The Morgan fingerprint density at radius 1 is 0.912 bits per heavy atom. The van der Waals surface area contributed by atoms with Crippen molar-refractivity contribution in [3.8, 4) is 0 Å². The van der Waals surface area contributed by atoms with E-state index in [1.54, 1.807) is 35.2 Å². The van der Waals surface area contributed by atoms with Crippen LogP contribution in [0.15, 0.2) is 71.3 Å². The minimum atomic E-state index is -3.86. The van der Waals surface area contributed by atoms with Gasteiger partial charge in [0.2, 0.25) is 10.0 Å². The van der Waals surface area contributed by atoms with Gasteiger partial charge >= 0.3 is 11.9 Å². The van der Waals surface area contributed by atoms with Crippen LogP contribution in [0.3, 0.4) is 0 Å². The second-order valence-electron chi connectivity index (χ2n) is 7.29. The maximum Gasteiger partial charge on any atom is 0.354 e. The smallest absolute Gasteiger partial charge is 0.354 e. The highest BCUT2D eigenvalue weighted by molar-refractivity contribution is 7.89. The van der Waals surface area contributed by atoms with E-state index in [1.165, 1.54) is 22.5 Å². The topological polar surface area (TPSA) is 122 Å².